The Labute approximate surface area is 147 Å². The van der Waals surface area contributed by atoms with Gasteiger partial charge in [0.1, 0.15) is 17.3 Å². The van der Waals surface area contributed by atoms with Crippen LogP contribution in [0.4, 0.5) is 4.39 Å². The molecule has 0 radical (unpaired) electrons. The van der Waals surface area contributed by atoms with Gasteiger partial charge in [0.2, 0.25) is 0 Å². The fourth-order valence-corrected chi connectivity index (χ4v) is 2.92. The van der Waals surface area contributed by atoms with Crippen molar-refractivity contribution in [1.29, 1.82) is 0 Å². The van der Waals surface area contributed by atoms with E-state index in [4.69, 9.17) is 4.42 Å². The van der Waals surface area contributed by atoms with Crippen molar-refractivity contribution >= 4 is 6.08 Å². The summed E-state index contributed by atoms with van der Waals surface area (Å²) >= 11 is 0. The first-order valence-corrected chi connectivity index (χ1v) is 8.37. The van der Waals surface area contributed by atoms with Gasteiger partial charge in [-0.1, -0.05) is 68.5 Å². The first-order valence-electron chi connectivity index (χ1n) is 8.37. The zero-order valence-electron chi connectivity index (χ0n) is 14.4. The topological polar surface area (TPSA) is 33.4 Å². The summed E-state index contributed by atoms with van der Waals surface area (Å²) in [6.45, 7) is 4.09. The first kappa shape index (κ1) is 17.2. The molecule has 1 aromatic heterocycles. The van der Waals surface area contributed by atoms with Crippen molar-refractivity contribution in [2.75, 3.05) is 6.61 Å². The second kappa shape index (κ2) is 7.49. The van der Waals surface area contributed by atoms with Crippen molar-refractivity contribution in [2.45, 2.75) is 19.8 Å². The zero-order chi connectivity index (χ0) is 17.8. The summed E-state index contributed by atoms with van der Waals surface area (Å²) in [7, 11) is 0. The molecule has 1 heterocycles. The van der Waals surface area contributed by atoms with Crippen LogP contribution in [0.3, 0.4) is 0 Å². The smallest absolute Gasteiger partial charge is 0.142 e. The maximum Gasteiger partial charge on any atom is 0.142 e. The van der Waals surface area contributed by atoms with Gasteiger partial charge in [-0.25, -0.2) is 4.39 Å². The van der Waals surface area contributed by atoms with Crippen molar-refractivity contribution < 1.29 is 13.9 Å². The first-order chi connectivity index (χ1) is 12.1. The lowest BCUT2D eigenvalue weighted by Crippen LogP contribution is -1.89. The molecule has 3 rings (SSSR count). The average molecular weight is 336 g/mol. The molecule has 0 unspecified atom stereocenters. The van der Waals surface area contributed by atoms with Gasteiger partial charge in [0, 0.05) is 22.6 Å². The van der Waals surface area contributed by atoms with Crippen molar-refractivity contribution in [3.05, 3.63) is 77.8 Å². The lowest BCUT2D eigenvalue weighted by molar-refractivity contribution is 0.343. The van der Waals surface area contributed by atoms with Gasteiger partial charge in [-0.2, -0.15) is 0 Å². The molecule has 0 amide bonds. The lowest BCUT2D eigenvalue weighted by atomic mass is 9.94. The third-order valence-corrected chi connectivity index (χ3v) is 4.06. The quantitative estimate of drug-likeness (QED) is 0.631. The van der Waals surface area contributed by atoms with Gasteiger partial charge in [0.05, 0.1) is 6.61 Å². The van der Waals surface area contributed by atoms with E-state index in [-0.39, 0.29) is 18.3 Å². The molecule has 0 saturated heterocycles. The van der Waals surface area contributed by atoms with Crippen LogP contribution in [0.15, 0.2) is 65.1 Å². The summed E-state index contributed by atoms with van der Waals surface area (Å²) in [5, 5.41) is 9.21. The Kier molecular flexibility index (Phi) is 5.15. The Hall–Kier alpha value is -2.65. The van der Waals surface area contributed by atoms with Crippen LogP contribution in [0, 0.1) is 5.82 Å². The maximum atomic E-state index is 13.4. The number of aliphatic hydroxyl groups is 1. The Morgan fingerprint density at radius 1 is 1.00 bits per heavy atom. The number of hydrogen-bond donors (Lipinski definition) is 1. The van der Waals surface area contributed by atoms with Gasteiger partial charge < -0.3 is 9.52 Å². The van der Waals surface area contributed by atoms with Crippen LogP contribution in [0.2, 0.25) is 0 Å². The fourth-order valence-electron chi connectivity index (χ4n) is 2.92. The van der Waals surface area contributed by atoms with E-state index in [0.29, 0.717) is 0 Å². The number of rotatable bonds is 5. The fraction of sp³-hybridized carbons (Fsp3) is 0.182. The van der Waals surface area contributed by atoms with E-state index in [1.807, 2.05) is 36.4 Å². The van der Waals surface area contributed by atoms with E-state index in [2.05, 4.69) is 13.8 Å². The van der Waals surface area contributed by atoms with Crippen molar-refractivity contribution in [3.8, 4) is 22.5 Å². The van der Waals surface area contributed by atoms with Gasteiger partial charge in [0.25, 0.3) is 0 Å². The minimum absolute atomic E-state index is 0.0494. The molecule has 3 heteroatoms. The van der Waals surface area contributed by atoms with Gasteiger partial charge in [0.15, 0.2) is 0 Å². The highest BCUT2D eigenvalue weighted by molar-refractivity contribution is 5.88. The molecule has 1 N–H and O–H groups in total. The molecule has 0 aliphatic carbocycles. The highest BCUT2D eigenvalue weighted by atomic mass is 19.1. The van der Waals surface area contributed by atoms with Crippen LogP contribution < -0.4 is 0 Å². The van der Waals surface area contributed by atoms with Crippen LogP contribution in [0.5, 0.6) is 0 Å². The molecule has 2 aromatic carbocycles. The maximum absolute atomic E-state index is 13.4. The molecule has 0 aliphatic rings. The molecular formula is C22H21FO2. The minimum Gasteiger partial charge on any atom is -0.459 e. The minimum atomic E-state index is -0.273. The average Bonchev–Trinajstić information content (AvgIpc) is 3.01. The van der Waals surface area contributed by atoms with E-state index < -0.39 is 0 Å². The Morgan fingerprint density at radius 2 is 1.68 bits per heavy atom. The molecule has 25 heavy (non-hydrogen) atoms. The van der Waals surface area contributed by atoms with Crippen LogP contribution in [0.1, 0.15) is 31.1 Å². The number of hydrogen-bond acceptors (Lipinski definition) is 2. The molecule has 0 atom stereocenters. The largest absolute Gasteiger partial charge is 0.459 e. The molecule has 0 aliphatic heterocycles. The summed E-state index contributed by atoms with van der Waals surface area (Å²) in [6, 6.07) is 16.3. The molecule has 0 fully saturated rings. The second-order valence-corrected chi connectivity index (χ2v) is 6.20. The van der Waals surface area contributed by atoms with Crippen molar-refractivity contribution in [3.63, 3.8) is 0 Å². The molecule has 0 spiro atoms. The SMILES string of the molecule is CC(C)c1oc(-c2ccccc2)c(-c2ccc(F)cc2)c1C=CCO. The Bertz CT molecular complexity index is 859. The molecule has 3 aromatic rings. The summed E-state index contributed by atoms with van der Waals surface area (Å²) < 4.78 is 19.6. The molecular weight excluding hydrogens is 315 g/mol. The molecule has 0 saturated carbocycles. The highest BCUT2D eigenvalue weighted by Gasteiger charge is 2.22. The van der Waals surface area contributed by atoms with Crippen molar-refractivity contribution in [1.82, 2.24) is 0 Å². The van der Waals surface area contributed by atoms with Crippen LogP contribution in [-0.4, -0.2) is 11.7 Å². The highest BCUT2D eigenvalue weighted by Crippen LogP contribution is 2.42. The summed E-state index contributed by atoms with van der Waals surface area (Å²) in [4.78, 5) is 0. The van der Waals surface area contributed by atoms with E-state index >= 15 is 0 Å². The number of furan rings is 1. The van der Waals surface area contributed by atoms with Crippen LogP contribution >= 0.6 is 0 Å². The molecule has 2 nitrogen and oxygen atoms in total. The predicted molar refractivity (Wildman–Crippen MR) is 99.7 cm³/mol. The summed E-state index contributed by atoms with van der Waals surface area (Å²) in [6.07, 6.45) is 3.57. The summed E-state index contributed by atoms with van der Waals surface area (Å²) in [5.41, 5.74) is 3.69. The monoisotopic (exact) mass is 336 g/mol. The standard InChI is InChI=1S/C22H21FO2/c1-15(2)21-19(9-6-14-24)20(16-10-12-18(23)13-11-16)22(25-21)17-7-4-3-5-8-17/h3-13,15,24H,14H2,1-2H3. The predicted octanol–water partition coefficient (Wildman–Crippen LogP) is 5.88. The normalized spacial score (nSPS) is 11.6. The number of halogens is 1. The van der Waals surface area contributed by atoms with Crippen molar-refractivity contribution in [2.24, 2.45) is 0 Å². The third kappa shape index (κ3) is 3.57. The second-order valence-electron chi connectivity index (χ2n) is 6.20. The van der Waals surface area contributed by atoms with Gasteiger partial charge >= 0.3 is 0 Å². The Balaban J connectivity index is 2.30. The van der Waals surface area contributed by atoms with E-state index in [1.165, 1.54) is 12.1 Å². The summed E-state index contributed by atoms with van der Waals surface area (Å²) in [5.74, 6) is 1.51. The molecule has 0 bridgehead atoms. The number of aliphatic hydroxyl groups excluding tert-OH is 1. The third-order valence-electron chi connectivity index (χ3n) is 4.06. The Morgan fingerprint density at radius 3 is 2.28 bits per heavy atom. The van der Waals surface area contributed by atoms with Gasteiger partial charge in [-0.05, 0) is 17.7 Å². The van der Waals surface area contributed by atoms with Crippen LogP contribution in [0.25, 0.3) is 28.5 Å². The lowest BCUT2D eigenvalue weighted by Gasteiger charge is -2.06. The van der Waals surface area contributed by atoms with Gasteiger partial charge in [-0.3, -0.25) is 0 Å². The van der Waals surface area contributed by atoms with E-state index in [9.17, 15) is 9.50 Å². The van der Waals surface area contributed by atoms with Crippen LogP contribution in [-0.2, 0) is 0 Å². The zero-order valence-corrected chi connectivity index (χ0v) is 14.4. The molecule has 128 valence electrons. The van der Waals surface area contributed by atoms with Gasteiger partial charge in [-0.15, -0.1) is 0 Å². The number of benzene rings is 2. The van der Waals surface area contributed by atoms with E-state index in [1.54, 1.807) is 18.2 Å². The van der Waals surface area contributed by atoms with E-state index in [0.717, 1.165) is 33.8 Å².